The van der Waals surface area contributed by atoms with Gasteiger partial charge >= 0.3 is 11.9 Å². The van der Waals surface area contributed by atoms with Gasteiger partial charge in [0.1, 0.15) is 22.1 Å². The lowest BCUT2D eigenvalue weighted by Gasteiger charge is -2.33. The molecule has 0 aliphatic heterocycles. The van der Waals surface area contributed by atoms with Crippen molar-refractivity contribution in [2.24, 2.45) is 0 Å². The zero-order valence-corrected chi connectivity index (χ0v) is 22.5. The maximum atomic E-state index is 13.8. The third-order valence-corrected chi connectivity index (χ3v) is 6.28. The second-order valence-corrected chi connectivity index (χ2v) is 9.56. The van der Waals surface area contributed by atoms with Crippen molar-refractivity contribution in [3.05, 3.63) is 105 Å². The Morgan fingerprint density at radius 3 is 1.97 bits per heavy atom. The van der Waals surface area contributed by atoms with Gasteiger partial charge in [0.05, 0.1) is 22.5 Å². The van der Waals surface area contributed by atoms with Crippen molar-refractivity contribution >= 4 is 84.1 Å². The van der Waals surface area contributed by atoms with Gasteiger partial charge in [0.15, 0.2) is 5.11 Å². The number of carbonyl (C=O) groups is 2. The number of aromatic nitrogens is 2. The maximum absolute atomic E-state index is 13.8. The molecule has 0 atom stereocenters. The standard InChI is InChI=1S/C25H15Br2FN4O4S/c26-16-4-9-21(29-13-16)31(18-7-5-17(28)6-8-18)25(37)32(22-3-1-2-20(27)30-22)19-11-14(23(33)34)10-15(12-19)24(35)36/h1-13H,(H,33,34)(H,35,36). The Kier molecular flexibility index (Phi) is 7.91. The Morgan fingerprint density at radius 1 is 0.811 bits per heavy atom. The van der Waals surface area contributed by atoms with Crippen LogP contribution in [0.2, 0.25) is 0 Å². The molecule has 12 heteroatoms. The Morgan fingerprint density at radius 2 is 1.43 bits per heavy atom. The Bertz CT molecular complexity index is 1430. The molecule has 186 valence electrons. The van der Waals surface area contributed by atoms with Gasteiger partial charge in [-0.25, -0.2) is 23.9 Å². The minimum Gasteiger partial charge on any atom is -0.478 e. The smallest absolute Gasteiger partial charge is 0.335 e. The third-order valence-electron chi connectivity index (χ3n) is 5.01. The van der Waals surface area contributed by atoms with Gasteiger partial charge in [-0.05, 0) is 111 Å². The molecule has 0 aliphatic carbocycles. The summed E-state index contributed by atoms with van der Waals surface area (Å²) in [5.74, 6) is -2.45. The molecule has 4 aromatic rings. The first kappa shape index (κ1) is 26.3. The van der Waals surface area contributed by atoms with Gasteiger partial charge in [-0.1, -0.05) is 6.07 Å². The van der Waals surface area contributed by atoms with Crippen LogP contribution in [0.15, 0.2) is 88.1 Å². The van der Waals surface area contributed by atoms with Crippen LogP contribution in [0.5, 0.6) is 0 Å². The van der Waals surface area contributed by atoms with Gasteiger partial charge in [0.2, 0.25) is 0 Å². The van der Waals surface area contributed by atoms with Crippen molar-refractivity contribution in [2.45, 2.75) is 0 Å². The quantitative estimate of drug-likeness (QED) is 0.173. The lowest BCUT2D eigenvalue weighted by atomic mass is 10.1. The number of hydrogen-bond acceptors (Lipinski definition) is 5. The van der Waals surface area contributed by atoms with Crippen LogP contribution in [0.4, 0.5) is 27.4 Å². The minimum atomic E-state index is -1.32. The highest BCUT2D eigenvalue weighted by Crippen LogP contribution is 2.34. The first-order valence-electron chi connectivity index (χ1n) is 10.4. The first-order chi connectivity index (χ1) is 17.6. The molecule has 2 aromatic carbocycles. The van der Waals surface area contributed by atoms with Crippen LogP contribution in [0.3, 0.4) is 0 Å². The van der Waals surface area contributed by atoms with Gasteiger partial charge < -0.3 is 10.2 Å². The number of aromatic carboxylic acids is 2. The SMILES string of the molecule is O=C(O)c1cc(C(=O)O)cc(N(C(=S)N(c2ccc(F)cc2)c2ccc(Br)cn2)c2cccc(Br)n2)c1. The minimum absolute atomic E-state index is 0.0471. The van der Waals surface area contributed by atoms with Gasteiger partial charge in [0, 0.05) is 10.7 Å². The third kappa shape index (κ3) is 5.98. The number of benzene rings is 2. The molecule has 0 radical (unpaired) electrons. The maximum Gasteiger partial charge on any atom is 0.335 e. The Balaban J connectivity index is 1.97. The van der Waals surface area contributed by atoms with E-state index in [9.17, 15) is 24.2 Å². The van der Waals surface area contributed by atoms with E-state index in [2.05, 4.69) is 41.8 Å². The second kappa shape index (κ2) is 11.1. The molecule has 0 unspecified atom stereocenters. The molecule has 2 heterocycles. The lowest BCUT2D eigenvalue weighted by Crippen LogP contribution is -2.39. The van der Waals surface area contributed by atoms with Crippen LogP contribution in [0, 0.1) is 5.82 Å². The number of carboxylic acids is 2. The summed E-state index contributed by atoms with van der Waals surface area (Å²) in [5, 5.41) is 19.3. The molecule has 37 heavy (non-hydrogen) atoms. The summed E-state index contributed by atoms with van der Waals surface area (Å²) in [4.78, 5) is 35.5. The highest BCUT2D eigenvalue weighted by Gasteiger charge is 2.27. The zero-order chi connectivity index (χ0) is 26.7. The molecule has 2 N–H and O–H groups in total. The number of halogens is 3. The van der Waals surface area contributed by atoms with Crippen LogP contribution in [0.25, 0.3) is 0 Å². The average Bonchev–Trinajstić information content (AvgIpc) is 2.86. The lowest BCUT2D eigenvalue weighted by molar-refractivity contribution is 0.0696. The molecule has 4 rings (SSSR count). The van der Waals surface area contributed by atoms with Crippen molar-refractivity contribution in [2.75, 3.05) is 9.80 Å². The summed E-state index contributed by atoms with van der Waals surface area (Å²) in [7, 11) is 0. The van der Waals surface area contributed by atoms with Crippen molar-refractivity contribution in [3.63, 3.8) is 0 Å². The molecule has 0 amide bonds. The highest BCUT2D eigenvalue weighted by molar-refractivity contribution is 9.10. The Hall–Kier alpha value is -3.74. The van der Waals surface area contributed by atoms with Gasteiger partial charge in [-0.2, -0.15) is 0 Å². The normalized spacial score (nSPS) is 10.6. The van der Waals surface area contributed by atoms with E-state index in [1.807, 2.05) is 0 Å². The summed E-state index contributed by atoms with van der Waals surface area (Å²) >= 11 is 12.6. The number of nitrogens with zero attached hydrogens (tertiary/aromatic N) is 4. The number of thiocarbonyl (C=S) groups is 1. The molecular formula is C25H15Br2FN4O4S. The van der Waals surface area contributed by atoms with Gasteiger partial charge in [-0.3, -0.25) is 9.80 Å². The topological polar surface area (TPSA) is 107 Å². The number of anilines is 4. The molecule has 0 saturated carbocycles. The van der Waals surface area contributed by atoms with Crippen LogP contribution in [-0.2, 0) is 0 Å². The summed E-state index contributed by atoms with van der Waals surface area (Å²) in [5.41, 5.74) is 0.0757. The number of hydrogen-bond donors (Lipinski definition) is 2. The van der Waals surface area contributed by atoms with Crippen molar-refractivity contribution < 1.29 is 24.2 Å². The largest absolute Gasteiger partial charge is 0.478 e. The molecule has 8 nitrogen and oxygen atoms in total. The van der Waals surface area contributed by atoms with Crippen molar-refractivity contribution in [1.29, 1.82) is 0 Å². The summed E-state index contributed by atoms with van der Waals surface area (Å²) < 4.78 is 14.9. The predicted octanol–water partition coefficient (Wildman–Crippen LogP) is 6.80. The fourth-order valence-corrected chi connectivity index (χ4v) is 4.35. The van der Waals surface area contributed by atoms with Gasteiger partial charge in [-0.15, -0.1) is 0 Å². The van der Waals surface area contributed by atoms with Crippen LogP contribution < -0.4 is 9.80 Å². The number of pyridine rings is 2. The molecule has 0 spiro atoms. The molecule has 0 aliphatic rings. The summed E-state index contributed by atoms with van der Waals surface area (Å²) in [6, 6.07) is 17.6. The van der Waals surface area contributed by atoms with E-state index in [1.54, 1.807) is 36.5 Å². The monoisotopic (exact) mass is 644 g/mol. The van der Waals surface area contributed by atoms with E-state index in [4.69, 9.17) is 12.2 Å². The highest BCUT2D eigenvalue weighted by atomic mass is 79.9. The molecule has 0 saturated heterocycles. The average molecular weight is 646 g/mol. The second-order valence-electron chi connectivity index (χ2n) is 7.46. The van der Waals surface area contributed by atoms with E-state index < -0.39 is 17.8 Å². The fraction of sp³-hybridized carbons (Fsp3) is 0. The summed E-state index contributed by atoms with van der Waals surface area (Å²) in [6.07, 6.45) is 1.56. The van der Waals surface area contributed by atoms with Crippen molar-refractivity contribution in [3.8, 4) is 0 Å². The molecule has 0 bridgehead atoms. The van der Waals surface area contributed by atoms with Crippen molar-refractivity contribution in [1.82, 2.24) is 9.97 Å². The van der Waals surface area contributed by atoms with Crippen LogP contribution in [0.1, 0.15) is 20.7 Å². The zero-order valence-electron chi connectivity index (χ0n) is 18.5. The van der Waals surface area contributed by atoms with E-state index in [1.165, 1.54) is 46.2 Å². The molecule has 2 aromatic heterocycles. The molecular weight excluding hydrogens is 631 g/mol. The van der Waals surface area contributed by atoms with Crippen LogP contribution in [-0.4, -0.2) is 37.2 Å². The number of carboxylic acid groups (broad SMARTS) is 2. The van der Waals surface area contributed by atoms with Crippen LogP contribution >= 0.6 is 44.1 Å². The Labute approximate surface area is 232 Å². The van der Waals surface area contributed by atoms with E-state index in [0.29, 0.717) is 20.6 Å². The predicted molar refractivity (Wildman–Crippen MR) is 148 cm³/mol. The van der Waals surface area contributed by atoms with Gasteiger partial charge in [0.25, 0.3) is 0 Å². The summed E-state index contributed by atoms with van der Waals surface area (Å²) in [6.45, 7) is 0. The van der Waals surface area contributed by atoms with E-state index >= 15 is 0 Å². The van der Waals surface area contributed by atoms with E-state index in [-0.39, 0.29) is 27.7 Å². The molecule has 0 fully saturated rings. The number of rotatable bonds is 6. The van der Waals surface area contributed by atoms with E-state index in [0.717, 1.165) is 6.07 Å². The fourth-order valence-electron chi connectivity index (χ4n) is 3.38. The first-order valence-corrected chi connectivity index (χ1v) is 12.4.